The lowest BCUT2D eigenvalue weighted by Crippen LogP contribution is -2.02. The Morgan fingerprint density at radius 2 is 1.07 bits per heavy atom. The maximum atomic E-state index is 12.2. The molecule has 5 rings (SSSR count). The molecule has 2 heterocycles. The topological polar surface area (TPSA) is 43.1 Å². The second-order valence-corrected chi connectivity index (χ2v) is 9.17. The van der Waals surface area contributed by atoms with Gasteiger partial charge in [0.1, 0.15) is 5.58 Å². The lowest BCUT2D eigenvalue weighted by molar-refractivity contribution is 0.563. The van der Waals surface area contributed by atoms with Crippen LogP contribution in [-0.4, -0.2) is 4.98 Å². The normalized spacial score (nSPS) is 9.95. The summed E-state index contributed by atoms with van der Waals surface area (Å²) in [6, 6.07) is 29.0. The molecule has 3 nitrogen and oxygen atoms in total. The molecule has 0 saturated carbocycles. The van der Waals surface area contributed by atoms with Gasteiger partial charge in [-0.1, -0.05) is 122 Å². The Bertz CT molecular complexity index is 1450. The number of pyridine rings is 1. The maximum Gasteiger partial charge on any atom is 0.344 e. The molecule has 3 aromatic carbocycles. The van der Waals surface area contributed by atoms with Gasteiger partial charge in [0.25, 0.3) is 0 Å². The standard InChI is InChI=1S/C19H18O2.C15H17N.2C2H6/c1-3-13-5-8-15(9-6-13)17-12-16-10-7-14(4-2)11-18(16)21-19(17)20;1-3-12-5-7-13(8-6-12)14-9-10-15(4-2)16-11-14;2*1-2/h5-12H,3-4H2,1-2H3;5-11H,3-4H2,1-2H3;2*1-2H3. The number of hydrogen-bond donors (Lipinski definition) is 0. The molecule has 0 aliphatic carbocycles. The van der Waals surface area contributed by atoms with Gasteiger partial charge in [-0.25, -0.2) is 4.79 Å². The molecule has 5 aromatic rings. The monoisotopic (exact) mass is 549 g/mol. The van der Waals surface area contributed by atoms with Crippen LogP contribution in [0.25, 0.3) is 33.2 Å². The van der Waals surface area contributed by atoms with Crippen molar-refractivity contribution in [1.82, 2.24) is 4.98 Å². The molecule has 0 saturated heterocycles. The summed E-state index contributed by atoms with van der Waals surface area (Å²) in [6.45, 7) is 16.5. The van der Waals surface area contributed by atoms with Gasteiger partial charge >= 0.3 is 5.63 Å². The van der Waals surface area contributed by atoms with E-state index < -0.39 is 0 Å². The lowest BCUT2D eigenvalue weighted by Gasteiger charge is -2.05. The van der Waals surface area contributed by atoms with Crippen molar-refractivity contribution in [2.45, 2.75) is 81.1 Å². The van der Waals surface area contributed by atoms with Crippen LogP contribution in [-0.2, 0) is 25.7 Å². The highest BCUT2D eigenvalue weighted by Crippen LogP contribution is 2.23. The molecule has 0 spiro atoms. The van der Waals surface area contributed by atoms with E-state index in [4.69, 9.17) is 4.42 Å². The fraction of sp³-hybridized carbons (Fsp3) is 0.316. The molecule has 216 valence electrons. The van der Waals surface area contributed by atoms with Crippen molar-refractivity contribution in [2.75, 3.05) is 0 Å². The van der Waals surface area contributed by atoms with Crippen molar-refractivity contribution < 1.29 is 4.42 Å². The fourth-order valence-electron chi connectivity index (χ4n) is 4.23. The predicted octanol–water partition coefficient (Wildman–Crippen LogP) is 10.5. The van der Waals surface area contributed by atoms with Crippen molar-refractivity contribution in [3.8, 4) is 22.3 Å². The van der Waals surface area contributed by atoms with Crippen LogP contribution in [0.1, 0.15) is 77.8 Å². The number of rotatable bonds is 6. The lowest BCUT2D eigenvalue weighted by atomic mass is 10.0. The van der Waals surface area contributed by atoms with E-state index in [1.165, 1.54) is 27.8 Å². The number of hydrogen-bond acceptors (Lipinski definition) is 3. The van der Waals surface area contributed by atoms with Crippen molar-refractivity contribution in [2.24, 2.45) is 0 Å². The Balaban J connectivity index is 0.000000263. The van der Waals surface area contributed by atoms with Gasteiger partial charge in [0.2, 0.25) is 0 Å². The number of aryl methyl sites for hydroxylation is 4. The Kier molecular flexibility index (Phi) is 14.3. The summed E-state index contributed by atoms with van der Waals surface area (Å²) >= 11 is 0. The third kappa shape index (κ3) is 9.28. The van der Waals surface area contributed by atoms with Crippen LogP contribution >= 0.6 is 0 Å². The third-order valence-electron chi connectivity index (χ3n) is 6.76. The molecule has 0 amide bonds. The van der Waals surface area contributed by atoms with Gasteiger partial charge in [0.05, 0.1) is 5.56 Å². The van der Waals surface area contributed by atoms with Gasteiger partial charge in [-0.3, -0.25) is 4.98 Å². The highest BCUT2D eigenvalue weighted by Gasteiger charge is 2.08. The second kappa shape index (κ2) is 17.7. The fourth-order valence-corrected chi connectivity index (χ4v) is 4.23. The summed E-state index contributed by atoms with van der Waals surface area (Å²) in [6.07, 6.45) is 5.97. The molecule has 0 aliphatic rings. The van der Waals surface area contributed by atoms with Gasteiger partial charge in [-0.05, 0) is 71.7 Å². The minimum Gasteiger partial charge on any atom is -0.422 e. The minimum atomic E-state index is -0.278. The Morgan fingerprint density at radius 1 is 0.561 bits per heavy atom. The SMILES string of the molecule is CC.CC.CCc1ccc(-c2cc3ccc(CC)cc3oc2=O)cc1.CCc1ccc(-c2ccc(CC)nc2)cc1. The van der Waals surface area contributed by atoms with Crippen LogP contribution in [0.15, 0.2) is 100 Å². The first-order valence-corrected chi connectivity index (χ1v) is 15.2. The van der Waals surface area contributed by atoms with E-state index >= 15 is 0 Å². The van der Waals surface area contributed by atoms with Crippen LogP contribution in [0, 0.1) is 0 Å². The first-order chi connectivity index (χ1) is 20.0. The summed E-state index contributed by atoms with van der Waals surface area (Å²) < 4.78 is 5.49. The number of aromatic nitrogens is 1. The van der Waals surface area contributed by atoms with Crippen LogP contribution in [0.3, 0.4) is 0 Å². The first-order valence-electron chi connectivity index (χ1n) is 15.2. The van der Waals surface area contributed by atoms with E-state index in [2.05, 4.69) is 87.3 Å². The molecule has 0 N–H and O–H groups in total. The van der Waals surface area contributed by atoms with E-state index in [1.807, 2.05) is 64.2 Å². The van der Waals surface area contributed by atoms with Gasteiger partial charge in [-0.15, -0.1) is 0 Å². The summed E-state index contributed by atoms with van der Waals surface area (Å²) in [4.78, 5) is 16.6. The molecule has 0 aliphatic heterocycles. The van der Waals surface area contributed by atoms with Crippen LogP contribution in [0.4, 0.5) is 0 Å². The van der Waals surface area contributed by atoms with E-state index in [0.717, 1.165) is 42.3 Å². The van der Waals surface area contributed by atoms with Crippen molar-refractivity contribution in [3.63, 3.8) is 0 Å². The Hall–Kier alpha value is -3.98. The van der Waals surface area contributed by atoms with E-state index in [1.54, 1.807) is 0 Å². The zero-order valence-electron chi connectivity index (χ0n) is 26.3. The van der Waals surface area contributed by atoms with E-state index in [9.17, 15) is 4.79 Å². The van der Waals surface area contributed by atoms with Gasteiger partial charge in [0, 0.05) is 22.8 Å². The zero-order chi connectivity index (χ0) is 30.2. The van der Waals surface area contributed by atoms with Crippen molar-refractivity contribution >= 4 is 11.0 Å². The minimum absolute atomic E-state index is 0.278. The van der Waals surface area contributed by atoms with E-state index in [-0.39, 0.29) is 5.63 Å². The summed E-state index contributed by atoms with van der Waals surface area (Å²) in [5, 5.41) is 0.960. The average Bonchev–Trinajstić information content (AvgIpc) is 3.06. The molecule has 0 unspecified atom stereocenters. The molecule has 0 radical (unpaired) electrons. The Morgan fingerprint density at radius 3 is 1.56 bits per heavy atom. The smallest absolute Gasteiger partial charge is 0.344 e. The van der Waals surface area contributed by atoms with Crippen LogP contribution in [0.5, 0.6) is 0 Å². The number of nitrogens with zero attached hydrogens (tertiary/aromatic N) is 1. The molecule has 0 bridgehead atoms. The summed E-state index contributed by atoms with van der Waals surface area (Å²) in [7, 11) is 0. The molecule has 3 heteroatoms. The second-order valence-electron chi connectivity index (χ2n) is 9.17. The Labute approximate surface area is 247 Å². The molecule has 41 heavy (non-hydrogen) atoms. The third-order valence-corrected chi connectivity index (χ3v) is 6.76. The van der Waals surface area contributed by atoms with Crippen molar-refractivity contribution in [3.05, 3.63) is 124 Å². The molecule has 0 atom stereocenters. The van der Waals surface area contributed by atoms with Gasteiger partial charge in [0.15, 0.2) is 0 Å². The highest BCUT2D eigenvalue weighted by atomic mass is 16.4. The summed E-state index contributed by atoms with van der Waals surface area (Å²) in [5.74, 6) is 0. The van der Waals surface area contributed by atoms with E-state index in [0.29, 0.717) is 11.1 Å². The van der Waals surface area contributed by atoms with Crippen molar-refractivity contribution in [1.29, 1.82) is 0 Å². The number of benzene rings is 3. The van der Waals surface area contributed by atoms with Crippen LogP contribution in [0.2, 0.25) is 0 Å². The number of fused-ring (bicyclic) bond motifs is 1. The highest BCUT2D eigenvalue weighted by molar-refractivity contribution is 5.82. The van der Waals surface area contributed by atoms with Gasteiger partial charge < -0.3 is 4.42 Å². The largest absolute Gasteiger partial charge is 0.422 e. The average molecular weight is 550 g/mol. The van der Waals surface area contributed by atoms with Crippen LogP contribution < -0.4 is 5.63 Å². The zero-order valence-corrected chi connectivity index (χ0v) is 26.3. The first kappa shape index (κ1) is 33.2. The molecule has 0 fully saturated rings. The summed E-state index contributed by atoms with van der Waals surface area (Å²) in [5.41, 5.74) is 9.30. The molecular weight excluding hydrogens is 502 g/mol. The predicted molar refractivity (Wildman–Crippen MR) is 178 cm³/mol. The molecule has 2 aromatic heterocycles. The molecular formula is C38H47NO2. The van der Waals surface area contributed by atoms with Gasteiger partial charge in [-0.2, -0.15) is 0 Å². The quantitative estimate of drug-likeness (QED) is 0.198. The maximum absolute atomic E-state index is 12.2.